The van der Waals surface area contributed by atoms with Crippen molar-refractivity contribution in [1.82, 2.24) is 5.32 Å². The molecule has 0 saturated heterocycles. The SMILES string of the molecule is CC(C)(C)NCc1oc2ccccc2c1COCC1CC1. The van der Waals surface area contributed by atoms with Crippen LogP contribution in [0.2, 0.25) is 0 Å². The summed E-state index contributed by atoms with van der Waals surface area (Å²) < 4.78 is 11.9. The van der Waals surface area contributed by atoms with Gasteiger partial charge in [0.2, 0.25) is 0 Å². The van der Waals surface area contributed by atoms with Gasteiger partial charge in [-0.15, -0.1) is 0 Å². The number of hydrogen-bond donors (Lipinski definition) is 1. The minimum Gasteiger partial charge on any atom is -0.459 e. The van der Waals surface area contributed by atoms with E-state index in [4.69, 9.17) is 9.15 Å². The highest BCUT2D eigenvalue weighted by atomic mass is 16.5. The van der Waals surface area contributed by atoms with Crippen LogP contribution in [0.3, 0.4) is 0 Å². The normalized spacial score (nSPS) is 15.8. The molecule has 3 heteroatoms. The molecule has 1 heterocycles. The summed E-state index contributed by atoms with van der Waals surface area (Å²) in [5.41, 5.74) is 2.22. The zero-order valence-corrected chi connectivity index (χ0v) is 13.2. The second-order valence-corrected chi connectivity index (χ2v) is 7.06. The second kappa shape index (κ2) is 5.82. The first-order valence-corrected chi connectivity index (χ1v) is 7.85. The molecule has 0 radical (unpaired) electrons. The number of nitrogens with one attached hydrogen (secondary N) is 1. The fourth-order valence-electron chi connectivity index (χ4n) is 2.41. The van der Waals surface area contributed by atoms with Crippen LogP contribution in [0.5, 0.6) is 0 Å². The number of rotatable bonds is 6. The van der Waals surface area contributed by atoms with Gasteiger partial charge in [0.05, 0.1) is 13.2 Å². The first-order valence-electron chi connectivity index (χ1n) is 7.85. The van der Waals surface area contributed by atoms with Gasteiger partial charge in [0.1, 0.15) is 11.3 Å². The molecule has 21 heavy (non-hydrogen) atoms. The summed E-state index contributed by atoms with van der Waals surface area (Å²) in [5.74, 6) is 1.79. The smallest absolute Gasteiger partial charge is 0.134 e. The van der Waals surface area contributed by atoms with Crippen molar-refractivity contribution >= 4 is 11.0 Å². The minimum absolute atomic E-state index is 0.0745. The lowest BCUT2D eigenvalue weighted by molar-refractivity contribution is 0.110. The van der Waals surface area contributed by atoms with Crippen LogP contribution >= 0.6 is 0 Å². The van der Waals surface area contributed by atoms with E-state index in [0.29, 0.717) is 6.61 Å². The molecule has 2 aromatic rings. The molecule has 1 aliphatic rings. The Bertz CT molecular complexity index is 605. The Morgan fingerprint density at radius 3 is 2.71 bits per heavy atom. The average molecular weight is 287 g/mol. The molecule has 3 rings (SSSR count). The summed E-state index contributed by atoms with van der Waals surface area (Å²) in [6.45, 7) is 8.76. The topological polar surface area (TPSA) is 34.4 Å². The van der Waals surface area contributed by atoms with Crippen molar-refractivity contribution in [2.24, 2.45) is 5.92 Å². The van der Waals surface area contributed by atoms with E-state index in [1.165, 1.54) is 23.8 Å². The van der Waals surface area contributed by atoms with Crippen molar-refractivity contribution in [1.29, 1.82) is 0 Å². The van der Waals surface area contributed by atoms with E-state index >= 15 is 0 Å². The third kappa shape index (κ3) is 3.86. The summed E-state index contributed by atoms with van der Waals surface area (Å²) in [7, 11) is 0. The number of fused-ring (bicyclic) bond motifs is 1. The molecule has 1 fully saturated rings. The Balaban J connectivity index is 1.78. The fraction of sp³-hybridized carbons (Fsp3) is 0.556. The van der Waals surface area contributed by atoms with Crippen LogP contribution in [0.4, 0.5) is 0 Å². The summed E-state index contributed by atoms with van der Waals surface area (Å²) in [4.78, 5) is 0. The molecule has 1 aromatic carbocycles. The molecule has 0 bridgehead atoms. The standard InChI is InChI=1S/C18H25NO2/c1-18(2,3)19-10-17-15(12-20-11-13-8-9-13)14-6-4-5-7-16(14)21-17/h4-7,13,19H,8-12H2,1-3H3. The maximum Gasteiger partial charge on any atom is 0.134 e. The Hall–Kier alpha value is -1.32. The Morgan fingerprint density at radius 2 is 2.00 bits per heavy atom. The van der Waals surface area contributed by atoms with Crippen LogP contribution in [0.25, 0.3) is 11.0 Å². The number of hydrogen-bond acceptors (Lipinski definition) is 3. The van der Waals surface area contributed by atoms with Gasteiger partial charge in [0.25, 0.3) is 0 Å². The van der Waals surface area contributed by atoms with Gasteiger partial charge in [-0.3, -0.25) is 0 Å². The maximum absolute atomic E-state index is 6.03. The number of furan rings is 1. The molecule has 1 aromatic heterocycles. The highest BCUT2D eigenvalue weighted by molar-refractivity contribution is 5.82. The monoisotopic (exact) mass is 287 g/mol. The number of benzene rings is 1. The lowest BCUT2D eigenvalue weighted by Gasteiger charge is -2.20. The van der Waals surface area contributed by atoms with E-state index in [2.05, 4.69) is 38.2 Å². The van der Waals surface area contributed by atoms with Gasteiger partial charge in [-0.2, -0.15) is 0 Å². The van der Waals surface area contributed by atoms with Crippen LogP contribution in [0, 0.1) is 5.92 Å². The molecule has 0 aliphatic heterocycles. The maximum atomic E-state index is 6.03. The van der Waals surface area contributed by atoms with E-state index in [1.807, 2.05) is 12.1 Å². The predicted molar refractivity (Wildman–Crippen MR) is 85.2 cm³/mol. The van der Waals surface area contributed by atoms with Gasteiger partial charge in [0, 0.05) is 23.1 Å². The molecule has 3 nitrogen and oxygen atoms in total. The summed E-state index contributed by atoms with van der Waals surface area (Å²) in [5, 5.41) is 4.68. The zero-order valence-electron chi connectivity index (χ0n) is 13.2. The van der Waals surface area contributed by atoms with Crippen LogP contribution in [-0.2, 0) is 17.9 Å². The van der Waals surface area contributed by atoms with E-state index in [0.717, 1.165) is 30.4 Å². The highest BCUT2D eigenvalue weighted by Crippen LogP contribution is 2.31. The molecule has 0 unspecified atom stereocenters. The van der Waals surface area contributed by atoms with E-state index in [1.54, 1.807) is 0 Å². The minimum atomic E-state index is 0.0745. The third-order valence-corrected chi connectivity index (χ3v) is 3.86. The number of ether oxygens (including phenoxy) is 1. The van der Waals surface area contributed by atoms with Gasteiger partial charge < -0.3 is 14.5 Å². The van der Waals surface area contributed by atoms with Crippen LogP contribution < -0.4 is 5.32 Å². The van der Waals surface area contributed by atoms with Crippen molar-refractivity contribution in [3.63, 3.8) is 0 Å². The van der Waals surface area contributed by atoms with E-state index in [9.17, 15) is 0 Å². The Labute approximate surface area is 126 Å². The molecule has 1 saturated carbocycles. The third-order valence-electron chi connectivity index (χ3n) is 3.86. The van der Waals surface area contributed by atoms with E-state index < -0.39 is 0 Å². The van der Waals surface area contributed by atoms with Crippen molar-refractivity contribution < 1.29 is 9.15 Å². The van der Waals surface area contributed by atoms with E-state index in [-0.39, 0.29) is 5.54 Å². The van der Waals surface area contributed by atoms with Crippen LogP contribution in [0.1, 0.15) is 44.9 Å². The first-order chi connectivity index (χ1) is 10.0. The molecule has 0 atom stereocenters. The second-order valence-electron chi connectivity index (χ2n) is 7.06. The molecule has 1 aliphatic carbocycles. The average Bonchev–Trinajstić information content (AvgIpc) is 3.18. The van der Waals surface area contributed by atoms with Crippen molar-refractivity contribution in [2.45, 2.75) is 52.3 Å². The first kappa shape index (κ1) is 14.6. The summed E-state index contributed by atoms with van der Waals surface area (Å²) >= 11 is 0. The quantitative estimate of drug-likeness (QED) is 0.862. The lowest BCUT2D eigenvalue weighted by atomic mass is 10.1. The molecule has 1 N–H and O–H groups in total. The predicted octanol–water partition coefficient (Wildman–Crippen LogP) is 4.25. The zero-order chi connectivity index (χ0) is 14.9. The summed E-state index contributed by atoms with van der Waals surface area (Å²) in [6.07, 6.45) is 2.65. The van der Waals surface area contributed by atoms with Gasteiger partial charge in [-0.25, -0.2) is 0 Å². The number of para-hydroxylation sites is 1. The van der Waals surface area contributed by atoms with Crippen molar-refractivity contribution in [3.05, 3.63) is 35.6 Å². The molecule has 0 spiro atoms. The van der Waals surface area contributed by atoms with Crippen molar-refractivity contribution in [3.8, 4) is 0 Å². The van der Waals surface area contributed by atoms with Gasteiger partial charge in [0.15, 0.2) is 0 Å². The molecule has 114 valence electrons. The highest BCUT2D eigenvalue weighted by Gasteiger charge is 2.22. The Morgan fingerprint density at radius 1 is 1.24 bits per heavy atom. The largest absolute Gasteiger partial charge is 0.459 e. The van der Waals surface area contributed by atoms with Gasteiger partial charge in [-0.1, -0.05) is 18.2 Å². The van der Waals surface area contributed by atoms with Crippen molar-refractivity contribution in [2.75, 3.05) is 6.61 Å². The fourth-order valence-corrected chi connectivity index (χ4v) is 2.41. The van der Waals surface area contributed by atoms with Crippen LogP contribution in [0.15, 0.2) is 28.7 Å². The van der Waals surface area contributed by atoms with Gasteiger partial charge >= 0.3 is 0 Å². The molecular weight excluding hydrogens is 262 g/mol. The molecule has 0 amide bonds. The molecular formula is C18H25NO2. The summed E-state index contributed by atoms with van der Waals surface area (Å²) in [6, 6.07) is 8.22. The Kier molecular flexibility index (Phi) is 4.05. The lowest BCUT2D eigenvalue weighted by Crippen LogP contribution is -2.35. The van der Waals surface area contributed by atoms with Gasteiger partial charge in [-0.05, 0) is 45.6 Å². The van der Waals surface area contributed by atoms with Crippen LogP contribution in [-0.4, -0.2) is 12.1 Å².